The highest BCUT2D eigenvalue weighted by atomic mass is 19.1. The van der Waals surface area contributed by atoms with Crippen LogP contribution in [0, 0.1) is 12.7 Å². The summed E-state index contributed by atoms with van der Waals surface area (Å²) in [5.74, 6) is -0.0780. The minimum Gasteiger partial charge on any atom is -0.365 e. The number of halogens is 1. The predicted molar refractivity (Wildman–Crippen MR) is 77.1 cm³/mol. The molecule has 1 aromatic rings. The summed E-state index contributed by atoms with van der Waals surface area (Å²) in [6.07, 6.45) is 4.89. The van der Waals surface area contributed by atoms with Crippen molar-refractivity contribution < 1.29 is 4.39 Å². The monoisotopic (exact) mass is 262 g/mol. The third-order valence-corrected chi connectivity index (χ3v) is 4.68. The Hall–Kier alpha value is -1.09. The average Bonchev–Trinajstić information content (AvgIpc) is 2.65. The van der Waals surface area contributed by atoms with Crippen molar-refractivity contribution in [1.82, 2.24) is 5.32 Å². The van der Waals surface area contributed by atoms with Gasteiger partial charge in [0.1, 0.15) is 5.82 Å². The molecule has 2 saturated heterocycles. The maximum absolute atomic E-state index is 13.8. The molecule has 2 unspecified atom stereocenters. The molecule has 2 fully saturated rings. The van der Waals surface area contributed by atoms with E-state index in [1.165, 1.54) is 25.7 Å². The summed E-state index contributed by atoms with van der Waals surface area (Å²) < 4.78 is 13.8. The number of nitrogens with zero attached hydrogens (tertiary/aromatic N) is 1. The van der Waals surface area contributed by atoms with Crippen molar-refractivity contribution in [3.63, 3.8) is 0 Å². The van der Waals surface area contributed by atoms with E-state index in [2.05, 4.69) is 23.2 Å². The SMILES string of the molecule is CCNC1CC2CCC(C1)N2c1ccc(C)c(F)c1. The van der Waals surface area contributed by atoms with Gasteiger partial charge in [-0.2, -0.15) is 0 Å². The van der Waals surface area contributed by atoms with E-state index < -0.39 is 0 Å². The van der Waals surface area contributed by atoms with Crippen molar-refractivity contribution in [3.05, 3.63) is 29.6 Å². The van der Waals surface area contributed by atoms with Crippen molar-refractivity contribution in [2.45, 2.75) is 57.7 Å². The van der Waals surface area contributed by atoms with Gasteiger partial charge < -0.3 is 10.2 Å². The zero-order valence-corrected chi connectivity index (χ0v) is 11.8. The molecule has 104 valence electrons. The van der Waals surface area contributed by atoms with E-state index in [4.69, 9.17) is 0 Å². The zero-order valence-electron chi connectivity index (χ0n) is 11.8. The van der Waals surface area contributed by atoms with Crippen LogP contribution in [0.5, 0.6) is 0 Å². The highest BCUT2D eigenvalue weighted by Gasteiger charge is 2.40. The van der Waals surface area contributed by atoms with E-state index >= 15 is 0 Å². The number of anilines is 1. The third kappa shape index (κ3) is 2.36. The maximum Gasteiger partial charge on any atom is 0.128 e. The molecule has 0 aromatic heterocycles. The van der Waals surface area contributed by atoms with Crippen molar-refractivity contribution >= 4 is 5.69 Å². The first-order chi connectivity index (χ1) is 9.19. The zero-order chi connectivity index (χ0) is 13.4. The Morgan fingerprint density at radius 2 is 1.95 bits per heavy atom. The number of hydrogen-bond donors (Lipinski definition) is 1. The first-order valence-corrected chi connectivity index (χ1v) is 7.47. The lowest BCUT2D eigenvalue weighted by molar-refractivity contribution is 0.361. The van der Waals surface area contributed by atoms with Gasteiger partial charge in [0.05, 0.1) is 0 Å². The fraction of sp³-hybridized carbons (Fsp3) is 0.625. The Kier molecular flexibility index (Phi) is 3.48. The van der Waals surface area contributed by atoms with Crippen LogP contribution in [0.25, 0.3) is 0 Å². The second-order valence-electron chi connectivity index (χ2n) is 5.95. The van der Waals surface area contributed by atoms with Gasteiger partial charge in [0, 0.05) is 23.8 Å². The Labute approximate surface area is 115 Å². The van der Waals surface area contributed by atoms with Gasteiger partial charge in [-0.15, -0.1) is 0 Å². The molecule has 3 heteroatoms. The molecule has 0 spiro atoms. The molecule has 2 bridgehead atoms. The normalized spacial score (nSPS) is 29.8. The highest BCUT2D eigenvalue weighted by molar-refractivity contribution is 5.52. The van der Waals surface area contributed by atoms with E-state index in [0.717, 1.165) is 17.8 Å². The smallest absolute Gasteiger partial charge is 0.128 e. The fourth-order valence-corrected chi connectivity index (χ4v) is 3.80. The highest BCUT2D eigenvalue weighted by Crippen LogP contribution is 2.39. The van der Waals surface area contributed by atoms with Gasteiger partial charge in [0.25, 0.3) is 0 Å². The number of piperidine rings is 1. The number of rotatable bonds is 3. The van der Waals surface area contributed by atoms with Gasteiger partial charge in [-0.1, -0.05) is 13.0 Å². The lowest BCUT2D eigenvalue weighted by Gasteiger charge is -2.41. The molecule has 0 saturated carbocycles. The Balaban J connectivity index is 1.81. The van der Waals surface area contributed by atoms with Crippen molar-refractivity contribution in [3.8, 4) is 0 Å². The first-order valence-electron chi connectivity index (χ1n) is 7.47. The van der Waals surface area contributed by atoms with Crippen LogP contribution in [0.1, 0.15) is 38.2 Å². The Morgan fingerprint density at radius 3 is 2.53 bits per heavy atom. The van der Waals surface area contributed by atoms with Crippen LogP contribution >= 0.6 is 0 Å². The van der Waals surface area contributed by atoms with E-state index in [1.54, 1.807) is 6.07 Å². The minimum atomic E-state index is -0.0780. The molecular weight excluding hydrogens is 239 g/mol. The van der Waals surface area contributed by atoms with E-state index in [0.29, 0.717) is 18.1 Å². The summed E-state index contributed by atoms with van der Waals surface area (Å²) in [7, 11) is 0. The summed E-state index contributed by atoms with van der Waals surface area (Å²) in [6, 6.07) is 7.52. The van der Waals surface area contributed by atoms with E-state index in [9.17, 15) is 4.39 Å². The lowest BCUT2D eigenvalue weighted by atomic mass is 9.96. The van der Waals surface area contributed by atoms with Crippen LogP contribution < -0.4 is 10.2 Å². The number of aryl methyl sites for hydroxylation is 1. The molecule has 2 heterocycles. The molecule has 19 heavy (non-hydrogen) atoms. The summed E-state index contributed by atoms with van der Waals surface area (Å²) in [6.45, 7) is 5.04. The van der Waals surface area contributed by atoms with Crippen LogP contribution in [0.15, 0.2) is 18.2 Å². The fourth-order valence-electron chi connectivity index (χ4n) is 3.80. The van der Waals surface area contributed by atoms with Crippen LogP contribution in [-0.2, 0) is 0 Å². The Morgan fingerprint density at radius 1 is 1.26 bits per heavy atom. The number of fused-ring (bicyclic) bond motifs is 2. The molecule has 0 amide bonds. The first kappa shape index (κ1) is 12.9. The predicted octanol–water partition coefficient (Wildman–Crippen LogP) is 3.24. The van der Waals surface area contributed by atoms with Gasteiger partial charge in [-0.25, -0.2) is 4.39 Å². The van der Waals surface area contributed by atoms with Gasteiger partial charge in [0.2, 0.25) is 0 Å². The molecule has 2 nitrogen and oxygen atoms in total. The van der Waals surface area contributed by atoms with Crippen LogP contribution in [0.2, 0.25) is 0 Å². The summed E-state index contributed by atoms with van der Waals surface area (Å²) >= 11 is 0. The lowest BCUT2D eigenvalue weighted by Crippen LogP contribution is -2.49. The molecule has 2 aliphatic rings. The van der Waals surface area contributed by atoms with Gasteiger partial charge in [-0.05, 0) is 56.8 Å². The van der Waals surface area contributed by atoms with Gasteiger partial charge >= 0.3 is 0 Å². The largest absolute Gasteiger partial charge is 0.365 e. The molecule has 2 atom stereocenters. The molecule has 3 rings (SSSR count). The summed E-state index contributed by atoms with van der Waals surface area (Å²) in [5, 5.41) is 3.58. The Bertz CT molecular complexity index is 446. The molecule has 1 N–H and O–H groups in total. The van der Waals surface area contributed by atoms with Gasteiger partial charge in [-0.3, -0.25) is 0 Å². The second kappa shape index (κ2) is 5.12. The average molecular weight is 262 g/mol. The maximum atomic E-state index is 13.8. The summed E-state index contributed by atoms with van der Waals surface area (Å²) in [4.78, 5) is 2.47. The molecule has 1 aromatic carbocycles. The molecule has 2 aliphatic heterocycles. The third-order valence-electron chi connectivity index (χ3n) is 4.68. The minimum absolute atomic E-state index is 0.0780. The van der Waals surface area contributed by atoms with Crippen LogP contribution in [0.4, 0.5) is 10.1 Å². The quantitative estimate of drug-likeness (QED) is 0.899. The number of hydrogen-bond acceptors (Lipinski definition) is 2. The number of benzene rings is 1. The second-order valence-corrected chi connectivity index (χ2v) is 5.95. The molecular formula is C16H23FN2. The van der Waals surface area contributed by atoms with Crippen molar-refractivity contribution in [2.75, 3.05) is 11.4 Å². The van der Waals surface area contributed by atoms with Crippen LogP contribution in [-0.4, -0.2) is 24.7 Å². The summed E-state index contributed by atoms with van der Waals surface area (Å²) in [5.41, 5.74) is 1.81. The van der Waals surface area contributed by atoms with Crippen LogP contribution in [0.3, 0.4) is 0 Å². The molecule has 0 aliphatic carbocycles. The van der Waals surface area contributed by atoms with Crippen molar-refractivity contribution in [1.29, 1.82) is 0 Å². The standard InChI is InChI=1S/C16H23FN2/c1-3-18-12-8-13-6-7-14(9-12)19(13)15-5-4-11(2)16(17)10-15/h4-5,10,12-14,18H,3,6-9H2,1-2H3. The van der Waals surface area contributed by atoms with E-state index in [1.807, 2.05) is 13.0 Å². The van der Waals surface area contributed by atoms with Crippen molar-refractivity contribution in [2.24, 2.45) is 0 Å². The topological polar surface area (TPSA) is 15.3 Å². The molecule has 0 radical (unpaired) electrons. The van der Waals surface area contributed by atoms with Gasteiger partial charge in [0.15, 0.2) is 0 Å². The van der Waals surface area contributed by atoms with E-state index in [-0.39, 0.29) is 5.82 Å². The number of nitrogens with one attached hydrogen (secondary N) is 1.